The molecule has 3 aromatic rings. The highest BCUT2D eigenvalue weighted by atomic mass is 35.5. The Bertz CT molecular complexity index is 1190. The van der Waals surface area contributed by atoms with Gasteiger partial charge in [0.1, 0.15) is 10.8 Å². The average molecular weight is 524 g/mol. The summed E-state index contributed by atoms with van der Waals surface area (Å²) in [5, 5.41) is 11.9. The first-order valence-electron chi connectivity index (χ1n) is 12.8. The zero-order valence-electron chi connectivity index (χ0n) is 21.0. The van der Waals surface area contributed by atoms with Crippen LogP contribution in [0.25, 0.3) is 0 Å². The standard InChI is InChI=1S/C28H35ClN5OP/c1-35-24-17-20(19-9-11-28(12-10-19)13-15-30-16-14-28)7-8-22(24)33-27-31-18-21(29)26(34-27)32-23-5-3-4-6-25(23)36-2/h3-8,17-19,30,36H,9-16H2,1-2H3,(H2,31,32,33,34). The molecular formula is C28H35ClN5OP. The molecule has 1 spiro atoms. The van der Waals surface area contributed by atoms with Gasteiger partial charge in [0.15, 0.2) is 5.82 Å². The van der Waals surface area contributed by atoms with Gasteiger partial charge in [0.05, 0.1) is 19.0 Å². The molecule has 1 atom stereocenters. The minimum Gasteiger partial charge on any atom is -0.495 e. The van der Waals surface area contributed by atoms with Gasteiger partial charge in [0, 0.05) is 5.69 Å². The zero-order valence-corrected chi connectivity index (χ0v) is 22.8. The summed E-state index contributed by atoms with van der Waals surface area (Å²) < 4.78 is 5.77. The van der Waals surface area contributed by atoms with Gasteiger partial charge in [-0.15, -0.1) is 0 Å². The molecule has 1 aliphatic carbocycles. The number of nitrogens with zero attached hydrogens (tertiary/aromatic N) is 2. The second-order valence-electron chi connectivity index (χ2n) is 9.92. The van der Waals surface area contributed by atoms with E-state index in [1.54, 1.807) is 13.3 Å². The van der Waals surface area contributed by atoms with Crippen LogP contribution in [0.3, 0.4) is 0 Å². The molecule has 2 heterocycles. The summed E-state index contributed by atoms with van der Waals surface area (Å²) in [7, 11) is 2.38. The molecule has 1 aromatic heterocycles. The number of para-hydroxylation sites is 1. The van der Waals surface area contributed by atoms with Crippen LogP contribution >= 0.6 is 20.2 Å². The molecule has 2 aliphatic rings. The average Bonchev–Trinajstić information content (AvgIpc) is 2.92. The topological polar surface area (TPSA) is 71.1 Å². The summed E-state index contributed by atoms with van der Waals surface area (Å²) in [4.78, 5) is 9.05. The highest BCUT2D eigenvalue weighted by Gasteiger charge is 2.36. The van der Waals surface area contributed by atoms with Crippen molar-refractivity contribution in [1.82, 2.24) is 15.3 Å². The normalized spacial score (nSPS) is 18.0. The van der Waals surface area contributed by atoms with Crippen LogP contribution in [0.1, 0.15) is 50.0 Å². The van der Waals surface area contributed by atoms with E-state index in [0.717, 1.165) is 17.1 Å². The lowest BCUT2D eigenvalue weighted by Crippen LogP contribution is -2.38. The van der Waals surface area contributed by atoms with Crippen LogP contribution in [-0.2, 0) is 0 Å². The summed E-state index contributed by atoms with van der Waals surface area (Å²) in [6.45, 7) is 4.51. The van der Waals surface area contributed by atoms with Crippen LogP contribution in [0.2, 0.25) is 5.02 Å². The van der Waals surface area contributed by atoms with E-state index in [-0.39, 0.29) is 0 Å². The van der Waals surface area contributed by atoms with Crippen LogP contribution in [0.4, 0.5) is 23.1 Å². The van der Waals surface area contributed by atoms with E-state index >= 15 is 0 Å². The molecule has 6 nitrogen and oxygen atoms in total. The van der Waals surface area contributed by atoms with Crippen molar-refractivity contribution in [3.8, 4) is 5.75 Å². The molecule has 1 unspecified atom stereocenters. The zero-order chi connectivity index (χ0) is 25.0. The van der Waals surface area contributed by atoms with Crippen molar-refractivity contribution in [2.24, 2.45) is 5.41 Å². The van der Waals surface area contributed by atoms with E-state index in [9.17, 15) is 0 Å². The number of benzene rings is 2. The number of ether oxygens (including phenoxy) is 1. The maximum absolute atomic E-state index is 6.42. The molecule has 8 heteroatoms. The van der Waals surface area contributed by atoms with Gasteiger partial charge in [-0.05, 0) is 98.7 Å². The van der Waals surface area contributed by atoms with Crippen molar-refractivity contribution in [2.75, 3.05) is 37.5 Å². The first-order valence-corrected chi connectivity index (χ1v) is 14.7. The summed E-state index contributed by atoms with van der Waals surface area (Å²) >= 11 is 6.42. The molecule has 0 amide bonds. The van der Waals surface area contributed by atoms with E-state index in [2.05, 4.69) is 56.8 Å². The number of hydrogen-bond acceptors (Lipinski definition) is 6. The number of aromatic nitrogens is 2. The fourth-order valence-corrected chi connectivity index (χ4v) is 6.48. The molecule has 0 bridgehead atoms. The number of halogens is 1. The Kier molecular flexibility index (Phi) is 7.95. The second-order valence-corrected chi connectivity index (χ2v) is 11.4. The van der Waals surface area contributed by atoms with Crippen molar-refractivity contribution in [2.45, 2.75) is 44.4 Å². The van der Waals surface area contributed by atoms with Gasteiger partial charge in [-0.2, -0.15) is 4.98 Å². The Morgan fingerprint density at radius 1 is 1.03 bits per heavy atom. The lowest BCUT2D eigenvalue weighted by molar-refractivity contribution is 0.123. The Hall–Kier alpha value is -2.40. The van der Waals surface area contributed by atoms with Gasteiger partial charge >= 0.3 is 0 Å². The molecule has 3 N–H and O–H groups in total. The van der Waals surface area contributed by atoms with Crippen molar-refractivity contribution >= 4 is 48.6 Å². The van der Waals surface area contributed by atoms with Crippen molar-refractivity contribution in [3.63, 3.8) is 0 Å². The van der Waals surface area contributed by atoms with Crippen LogP contribution in [0.15, 0.2) is 48.7 Å². The molecule has 1 saturated carbocycles. The van der Waals surface area contributed by atoms with Gasteiger partial charge in [-0.3, -0.25) is 0 Å². The highest BCUT2D eigenvalue weighted by Crippen LogP contribution is 2.48. The smallest absolute Gasteiger partial charge is 0.229 e. The van der Waals surface area contributed by atoms with Gasteiger partial charge in [0.2, 0.25) is 5.95 Å². The van der Waals surface area contributed by atoms with Crippen LogP contribution in [0.5, 0.6) is 5.75 Å². The minimum atomic E-state index is 0.467. The third-order valence-electron chi connectivity index (χ3n) is 7.85. The van der Waals surface area contributed by atoms with E-state index < -0.39 is 0 Å². The van der Waals surface area contributed by atoms with Gasteiger partial charge in [0.25, 0.3) is 0 Å². The fourth-order valence-electron chi connectivity index (χ4n) is 5.66. The second kappa shape index (κ2) is 11.3. The molecule has 1 saturated heterocycles. The monoisotopic (exact) mass is 523 g/mol. The molecular weight excluding hydrogens is 489 g/mol. The van der Waals surface area contributed by atoms with Crippen molar-refractivity contribution in [3.05, 3.63) is 59.2 Å². The van der Waals surface area contributed by atoms with Crippen LogP contribution < -0.4 is 26.0 Å². The fraction of sp³-hybridized carbons (Fsp3) is 0.429. The van der Waals surface area contributed by atoms with E-state index in [0.29, 0.717) is 36.7 Å². The first kappa shape index (κ1) is 25.3. The number of hydrogen-bond donors (Lipinski definition) is 3. The lowest BCUT2D eigenvalue weighted by Gasteiger charge is -2.43. The molecule has 190 valence electrons. The molecule has 1 aliphatic heterocycles. The maximum atomic E-state index is 6.42. The Balaban J connectivity index is 1.30. The highest BCUT2D eigenvalue weighted by molar-refractivity contribution is 7.46. The van der Waals surface area contributed by atoms with Gasteiger partial charge in [-0.1, -0.05) is 44.4 Å². The largest absolute Gasteiger partial charge is 0.495 e. The number of piperidine rings is 1. The van der Waals surface area contributed by atoms with Crippen LogP contribution in [0, 0.1) is 5.41 Å². The summed E-state index contributed by atoms with van der Waals surface area (Å²) in [6.07, 6.45) is 9.45. The molecule has 36 heavy (non-hydrogen) atoms. The SMILES string of the molecule is COc1cc(C2CCC3(CCNCC3)CC2)ccc1Nc1ncc(Cl)c(Nc2ccccc2PC)n1. The molecule has 2 fully saturated rings. The Morgan fingerprint density at radius 3 is 2.56 bits per heavy atom. The predicted octanol–water partition coefficient (Wildman–Crippen LogP) is 6.59. The maximum Gasteiger partial charge on any atom is 0.229 e. The van der Waals surface area contributed by atoms with Gasteiger partial charge in [-0.25, -0.2) is 4.98 Å². The van der Waals surface area contributed by atoms with Crippen molar-refractivity contribution < 1.29 is 4.74 Å². The summed E-state index contributed by atoms with van der Waals surface area (Å²) in [6, 6.07) is 14.7. The lowest BCUT2D eigenvalue weighted by atomic mass is 9.65. The number of nitrogens with one attached hydrogen (secondary N) is 3. The number of rotatable bonds is 7. The third-order valence-corrected chi connectivity index (χ3v) is 9.10. The third kappa shape index (κ3) is 5.61. The minimum absolute atomic E-state index is 0.467. The Morgan fingerprint density at radius 2 is 1.81 bits per heavy atom. The van der Waals surface area contributed by atoms with E-state index in [1.807, 2.05) is 18.2 Å². The van der Waals surface area contributed by atoms with Gasteiger partial charge < -0.3 is 20.7 Å². The molecule has 0 radical (unpaired) electrons. The molecule has 2 aromatic carbocycles. The quantitative estimate of drug-likeness (QED) is 0.304. The van der Waals surface area contributed by atoms with Crippen molar-refractivity contribution in [1.29, 1.82) is 0 Å². The summed E-state index contributed by atoms with van der Waals surface area (Å²) in [5.41, 5.74) is 3.78. The first-order chi connectivity index (χ1) is 17.6. The van der Waals surface area contributed by atoms with E-state index in [4.69, 9.17) is 16.3 Å². The number of anilines is 4. The number of methoxy groups -OCH3 is 1. The summed E-state index contributed by atoms with van der Waals surface area (Å²) in [5.74, 6) is 2.44. The molecule has 5 rings (SSSR count). The van der Waals surface area contributed by atoms with E-state index in [1.165, 1.54) is 62.5 Å². The van der Waals surface area contributed by atoms with Crippen LogP contribution in [-0.4, -0.2) is 36.8 Å². The predicted molar refractivity (Wildman–Crippen MR) is 153 cm³/mol. The Labute approximate surface area is 220 Å².